The first kappa shape index (κ1) is 23.0. The van der Waals surface area contributed by atoms with E-state index in [0.29, 0.717) is 17.9 Å². The van der Waals surface area contributed by atoms with Crippen molar-refractivity contribution in [3.05, 3.63) is 48.4 Å². The summed E-state index contributed by atoms with van der Waals surface area (Å²) in [6, 6.07) is 8.34. The van der Waals surface area contributed by atoms with Gasteiger partial charge in [-0.2, -0.15) is 0 Å². The predicted molar refractivity (Wildman–Crippen MR) is 118 cm³/mol. The summed E-state index contributed by atoms with van der Waals surface area (Å²) < 4.78 is 32.4. The minimum Gasteiger partial charge on any atom is -0.468 e. The second kappa shape index (κ2) is 8.99. The van der Waals surface area contributed by atoms with Gasteiger partial charge < -0.3 is 15.1 Å². The largest absolute Gasteiger partial charge is 0.468 e. The third kappa shape index (κ3) is 4.64. The summed E-state index contributed by atoms with van der Waals surface area (Å²) in [5.74, 6) is -0.427. The third-order valence-corrected chi connectivity index (χ3v) is 7.69. The average Bonchev–Trinajstić information content (AvgIpc) is 3.38. The van der Waals surface area contributed by atoms with E-state index >= 15 is 0 Å². The van der Waals surface area contributed by atoms with Crippen LogP contribution in [0.25, 0.3) is 0 Å². The van der Waals surface area contributed by atoms with Crippen molar-refractivity contribution in [2.75, 3.05) is 11.9 Å². The Morgan fingerprint density at radius 3 is 2.64 bits per heavy atom. The maximum Gasteiger partial charge on any atom is 0.325 e. The first-order valence-corrected chi connectivity index (χ1v) is 12.3. The molecule has 2 heterocycles. The number of anilines is 1. The van der Waals surface area contributed by atoms with E-state index < -0.39 is 34.0 Å². The molecule has 3 N–H and O–H groups in total. The first-order valence-electron chi connectivity index (χ1n) is 10.8. The van der Waals surface area contributed by atoms with Gasteiger partial charge in [0, 0.05) is 5.69 Å². The molecule has 10 nitrogen and oxygen atoms in total. The molecule has 1 saturated heterocycles. The normalized spacial score (nSPS) is 23.1. The van der Waals surface area contributed by atoms with E-state index in [9.17, 15) is 22.8 Å². The van der Waals surface area contributed by atoms with E-state index in [2.05, 4.69) is 15.4 Å². The lowest BCUT2D eigenvalue weighted by molar-refractivity contribution is -0.136. The standard InChI is InChI=1S/C22H26N4O6S/c1-15-5-2-3-11-22(15)20(28)26(21(29)25-22)14-19(27)24-16-7-9-18(10-8-16)33(30,31)23-13-17-6-4-12-32-17/h4,6-10,12,15,23H,2-3,5,11,13-14H2,1H3,(H,24,27)(H,25,29)/t15-,22-/m1/s1. The van der Waals surface area contributed by atoms with E-state index in [0.717, 1.165) is 24.2 Å². The van der Waals surface area contributed by atoms with Crippen LogP contribution in [0.4, 0.5) is 10.5 Å². The zero-order valence-corrected chi connectivity index (χ0v) is 19.0. The van der Waals surface area contributed by atoms with Crippen molar-refractivity contribution in [1.29, 1.82) is 0 Å². The van der Waals surface area contributed by atoms with Crippen LogP contribution in [0, 0.1) is 5.92 Å². The van der Waals surface area contributed by atoms with Gasteiger partial charge in [0.25, 0.3) is 5.91 Å². The molecule has 2 aliphatic rings. The van der Waals surface area contributed by atoms with Gasteiger partial charge >= 0.3 is 6.03 Å². The second-order valence-corrected chi connectivity index (χ2v) is 10.2. The molecule has 4 rings (SSSR count). The molecule has 1 saturated carbocycles. The van der Waals surface area contributed by atoms with Crippen molar-refractivity contribution in [2.45, 2.75) is 49.6 Å². The van der Waals surface area contributed by atoms with E-state index in [1.54, 1.807) is 12.1 Å². The molecular weight excluding hydrogens is 448 g/mol. The van der Waals surface area contributed by atoms with E-state index in [-0.39, 0.29) is 23.3 Å². The number of furan rings is 1. The van der Waals surface area contributed by atoms with Crippen molar-refractivity contribution in [3.63, 3.8) is 0 Å². The van der Waals surface area contributed by atoms with Crippen molar-refractivity contribution in [2.24, 2.45) is 5.92 Å². The molecule has 1 aromatic carbocycles. The molecule has 0 unspecified atom stereocenters. The summed E-state index contributed by atoms with van der Waals surface area (Å²) in [7, 11) is -3.76. The molecule has 2 fully saturated rings. The third-order valence-electron chi connectivity index (χ3n) is 6.27. The summed E-state index contributed by atoms with van der Waals surface area (Å²) in [6.07, 6.45) is 4.73. The minimum atomic E-state index is -3.76. The number of nitrogens with zero attached hydrogens (tertiary/aromatic N) is 1. The SMILES string of the molecule is C[C@@H]1CCCC[C@@]12NC(=O)N(CC(=O)Nc1ccc(S(=O)(=O)NCc3ccco3)cc1)C2=O. The van der Waals surface area contributed by atoms with Gasteiger partial charge in [0.15, 0.2) is 0 Å². The molecule has 33 heavy (non-hydrogen) atoms. The number of rotatable bonds is 7. The van der Waals surface area contributed by atoms with Crippen LogP contribution in [0.3, 0.4) is 0 Å². The number of urea groups is 1. The summed E-state index contributed by atoms with van der Waals surface area (Å²) in [6.45, 7) is 1.55. The Morgan fingerprint density at radius 2 is 1.97 bits per heavy atom. The molecule has 4 amide bonds. The van der Waals surface area contributed by atoms with Crippen LogP contribution < -0.4 is 15.4 Å². The Bertz CT molecular complexity index is 1150. The number of sulfonamides is 1. The summed E-state index contributed by atoms with van der Waals surface area (Å²) in [4.78, 5) is 38.9. The lowest BCUT2D eigenvalue weighted by Crippen LogP contribution is -2.54. The highest BCUT2D eigenvalue weighted by atomic mass is 32.2. The van der Waals surface area contributed by atoms with Crippen LogP contribution >= 0.6 is 0 Å². The van der Waals surface area contributed by atoms with Gasteiger partial charge in [-0.25, -0.2) is 17.9 Å². The Labute approximate surface area is 191 Å². The molecule has 1 aliphatic heterocycles. The van der Waals surface area contributed by atoms with E-state index in [1.807, 2.05) is 6.92 Å². The Kier molecular flexibility index (Phi) is 6.26. The fraction of sp³-hybridized carbons (Fsp3) is 0.409. The molecule has 0 radical (unpaired) electrons. The van der Waals surface area contributed by atoms with Crippen LogP contribution in [0.5, 0.6) is 0 Å². The van der Waals surface area contributed by atoms with E-state index in [1.165, 1.54) is 30.5 Å². The highest BCUT2D eigenvalue weighted by Crippen LogP contribution is 2.38. The fourth-order valence-electron chi connectivity index (χ4n) is 4.36. The molecule has 0 bridgehead atoms. The molecule has 1 aromatic heterocycles. The van der Waals surface area contributed by atoms with Crippen molar-refractivity contribution in [1.82, 2.24) is 14.9 Å². The van der Waals surface area contributed by atoms with Crippen LogP contribution in [0.1, 0.15) is 38.4 Å². The quantitative estimate of drug-likeness (QED) is 0.526. The second-order valence-electron chi connectivity index (χ2n) is 8.42. The Hall–Kier alpha value is -3.18. The number of carbonyl (C=O) groups is 3. The Balaban J connectivity index is 1.36. The highest BCUT2D eigenvalue weighted by molar-refractivity contribution is 7.89. The van der Waals surface area contributed by atoms with Crippen LogP contribution in [0.2, 0.25) is 0 Å². The average molecular weight is 475 g/mol. The van der Waals surface area contributed by atoms with Gasteiger partial charge in [-0.1, -0.05) is 19.8 Å². The lowest BCUT2D eigenvalue weighted by atomic mass is 9.73. The number of nitrogens with one attached hydrogen (secondary N) is 3. The Morgan fingerprint density at radius 1 is 1.21 bits per heavy atom. The topological polar surface area (TPSA) is 138 Å². The van der Waals surface area contributed by atoms with Crippen LogP contribution in [-0.2, 0) is 26.2 Å². The molecular formula is C22H26N4O6S. The summed E-state index contributed by atoms with van der Waals surface area (Å²) >= 11 is 0. The number of hydrogen-bond donors (Lipinski definition) is 3. The minimum absolute atomic E-state index is 0.00616. The van der Waals surface area contributed by atoms with Gasteiger partial charge in [0.1, 0.15) is 17.8 Å². The van der Waals surface area contributed by atoms with Crippen molar-refractivity contribution in [3.8, 4) is 0 Å². The number of benzene rings is 1. The highest BCUT2D eigenvalue weighted by Gasteiger charge is 2.55. The number of carbonyl (C=O) groups excluding carboxylic acids is 3. The van der Waals surface area contributed by atoms with Gasteiger partial charge in [0.2, 0.25) is 15.9 Å². The van der Waals surface area contributed by atoms with E-state index in [4.69, 9.17) is 4.42 Å². The van der Waals surface area contributed by atoms with Gasteiger partial charge in [-0.05, 0) is 55.2 Å². The summed E-state index contributed by atoms with van der Waals surface area (Å²) in [5.41, 5.74) is -0.577. The molecule has 1 aliphatic carbocycles. The molecule has 2 aromatic rings. The number of hydrogen-bond acceptors (Lipinski definition) is 6. The smallest absolute Gasteiger partial charge is 0.325 e. The molecule has 176 valence electrons. The zero-order chi connectivity index (χ0) is 23.6. The maximum atomic E-state index is 13.0. The van der Waals surface area contributed by atoms with Crippen LogP contribution in [-0.4, -0.2) is 43.2 Å². The predicted octanol–water partition coefficient (Wildman–Crippen LogP) is 2.20. The molecule has 11 heteroatoms. The monoisotopic (exact) mass is 474 g/mol. The maximum absolute atomic E-state index is 13.0. The summed E-state index contributed by atoms with van der Waals surface area (Å²) in [5, 5.41) is 5.41. The van der Waals surface area contributed by atoms with Gasteiger partial charge in [-0.3, -0.25) is 14.5 Å². The van der Waals surface area contributed by atoms with Crippen molar-refractivity contribution >= 4 is 33.6 Å². The number of imide groups is 1. The van der Waals surface area contributed by atoms with Gasteiger partial charge in [0.05, 0.1) is 17.7 Å². The van der Waals surface area contributed by atoms with Gasteiger partial charge in [-0.15, -0.1) is 0 Å². The number of amides is 4. The molecule has 2 atom stereocenters. The zero-order valence-electron chi connectivity index (χ0n) is 18.2. The van der Waals surface area contributed by atoms with Crippen molar-refractivity contribution < 1.29 is 27.2 Å². The lowest BCUT2D eigenvalue weighted by Gasteiger charge is -2.36. The fourth-order valence-corrected chi connectivity index (χ4v) is 5.36. The molecule has 1 spiro atoms. The van der Waals surface area contributed by atoms with Crippen LogP contribution in [0.15, 0.2) is 52.0 Å². The first-order chi connectivity index (χ1) is 15.7.